The molecule has 10 heteroatoms. The normalized spacial score (nSPS) is 19.9. The van der Waals surface area contributed by atoms with Crippen LogP contribution in [0.2, 0.25) is 31.0 Å². The van der Waals surface area contributed by atoms with Gasteiger partial charge in [-0.25, -0.2) is 9.78 Å². The van der Waals surface area contributed by atoms with Crippen molar-refractivity contribution in [2.75, 3.05) is 18.5 Å². The van der Waals surface area contributed by atoms with Crippen LogP contribution in [-0.2, 0) is 22.8 Å². The predicted molar refractivity (Wildman–Crippen MR) is 158 cm³/mol. The molecule has 1 saturated carbocycles. The Balaban J connectivity index is 1.31. The van der Waals surface area contributed by atoms with Crippen molar-refractivity contribution in [3.63, 3.8) is 0 Å². The summed E-state index contributed by atoms with van der Waals surface area (Å²) < 4.78 is 13.8. The number of likely N-dealkylation sites (tertiary alicyclic amines) is 1. The zero-order valence-corrected chi connectivity index (χ0v) is 25.2. The number of nitrogens with zero attached hydrogens (tertiary/aromatic N) is 4. The number of fused-ring (bicyclic) bond motifs is 1. The fourth-order valence-electron chi connectivity index (χ4n) is 5.11. The second-order valence-corrected chi connectivity index (χ2v) is 18.1. The number of piperidine rings is 1. The molecule has 1 amide bonds. The standard InChI is InChI=1S/C29H40ClN5O3Si/c1-20-10-13-23(16-35(20)29(36)38-18-21-8-6-5-7-9-21)31-26-25-24(22-11-12-22)17-34(27(25)33-28(30)32-26)19-37-14-15-39(2,3)4/h5-9,17,20,22-23H,10-16,18-19H2,1-4H3,(H,31,32,33)/t20-,23+/m0/s1. The zero-order chi connectivity index (χ0) is 27.6. The third kappa shape index (κ3) is 7.12. The highest BCUT2D eigenvalue weighted by atomic mass is 35.5. The van der Waals surface area contributed by atoms with Crippen molar-refractivity contribution >= 4 is 42.6 Å². The number of carbonyl (C=O) groups is 1. The van der Waals surface area contributed by atoms with Crippen molar-refractivity contribution in [2.45, 2.75) is 89.6 Å². The summed E-state index contributed by atoms with van der Waals surface area (Å²) in [5.41, 5.74) is 3.03. The van der Waals surface area contributed by atoms with Gasteiger partial charge in [0.05, 0.1) is 5.39 Å². The molecule has 3 heterocycles. The number of halogens is 1. The molecule has 1 saturated heterocycles. The molecule has 1 aliphatic heterocycles. The van der Waals surface area contributed by atoms with Gasteiger partial charge in [0, 0.05) is 39.5 Å². The molecule has 5 rings (SSSR count). The molecule has 2 atom stereocenters. The highest BCUT2D eigenvalue weighted by Gasteiger charge is 2.33. The van der Waals surface area contributed by atoms with Crippen molar-refractivity contribution < 1.29 is 14.3 Å². The van der Waals surface area contributed by atoms with E-state index in [9.17, 15) is 4.79 Å². The molecular weight excluding hydrogens is 530 g/mol. The van der Waals surface area contributed by atoms with Crippen molar-refractivity contribution in [2.24, 2.45) is 0 Å². The van der Waals surface area contributed by atoms with Crippen LogP contribution in [0.1, 0.15) is 49.7 Å². The van der Waals surface area contributed by atoms with E-state index in [1.807, 2.05) is 35.2 Å². The lowest BCUT2D eigenvalue weighted by Gasteiger charge is -2.37. The zero-order valence-electron chi connectivity index (χ0n) is 23.5. The largest absolute Gasteiger partial charge is 0.445 e. The molecule has 2 fully saturated rings. The van der Waals surface area contributed by atoms with E-state index in [0.717, 1.165) is 47.9 Å². The van der Waals surface area contributed by atoms with Gasteiger partial charge in [-0.1, -0.05) is 50.0 Å². The fraction of sp³-hybridized carbons (Fsp3) is 0.552. The van der Waals surface area contributed by atoms with E-state index in [2.05, 4.69) is 52.6 Å². The van der Waals surface area contributed by atoms with Crippen molar-refractivity contribution in [3.8, 4) is 0 Å². The van der Waals surface area contributed by atoms with Gasteiger partial charge in [0.15, 0.2) is 0 Å². The molecule has 0 radical (unpaired) electrons. The molecule has 1 aromatic carbocycles. The first-order valence-electron chi connectivity index (χ1n) is 14.1. The van der Waals surface area contributed by atoms with Gasteiger partial charge in [0.2, 0.25) is 5.28 Å². The Kier molecular flexibility index (Phi) is 8.49. The van der Waals surface area contributed by atoms with Gasteiger partial charge >= 0.3 is 6.09 Å². The molecule has 2 aliphatic rings. The monoisotopic (exact) mass is 569 g/mol. The van der Waals surface area contributed by atoms with E-state index >= 15 is 0 Å². The van der Waals surface area contributed by atoms with E-state index in [4.69, 9.17) is 21.1 Å². The number of carbonyl (C=O) groups excluding carboxylic acids is 1. The first kappa shape index (κ1) is 27.9. The molecule has 2 aromatic heterocycles. The number of aromatic nitrogens is 3. The quantitative estimate of drug-likeness (QED) is 0.163. The van der Waals surface area contributed by atoms with Crippen LogP contribution in [0.15, 0.2) is 36.5 Å². The summed E-state index contributed by atoms with van der Waals surface area (Å²) in [7, 11) is -1.16. The molecule has 39 heavy (non-hydrogen) atoms. The van der Waals surface area contributed by atoms with E-state index in [1.54, 1.807) is 0 Å². The minimum atomic E-state index is -1.16. The van der Waals surface area contributed by atoms with E-state index in [0.29, 0.717) is 19.2 Å². The van der Waals surface area contributed by atoms with Gasteiger partial charge in [-0.2, -0.15) is 4.98 Å². The van der Waals surface area contributed by atoms with Gasteiger partial charge < -0.3 is 24.3 Å². The van der Waals surface area contributed by atoms with Crippen LogP contribution in [0.5, 0.6) is 0 Å². The number of benzene rings is 1. The first-order valence-corrected chi connectivity index (χ1v) is 18.1. The molecule has 1 N–H and O–H groups in total. The smallest absolute Gasteiger partial charge is 0.410 e. The Morgan fingerprint density at radius 3 is 2.62 bits per heavy atom. The number of rotatable bonds is 10. The maximum Gasteiger partial charge on any atom is 0.410 e. The average Bonchev–Trinajstić information content (AvgIpc) is 3.68. The predicted octanol–water partition coefficient (Wildman–Crippen LogP) is 6.88. The Morgan fingerprint density at radius 2 is 1.90 bits per heavy atom. The average molecular weight is 570 g/mol. The minimum absolute atomic E-state index is 0.0306. The SMILES string of the molecule is C[C@H]1CC[C@@H](Nc2nc(Cl)nc3c2c(C2CC2)cn3COCC[Si](C)(C)C)CN1C(=O)OCc1ccccc1. The number of anilines is 1. The number of hydrogen-bond acceptors (Lipinski definition) is 6. The third-order valence-corrected chi connectivity index (χ3v) is 9.50. The Morgan fingerprint density at radius 1 is 1.13 bits per heavy atom. The lowest BCUT2D eigenvalue weighted by molar-refractivity contribution is 0.0696. The van der Waals surface area contributed by atoms with Crippen LogP contribution in [0.25, 0.3) is 11.0 Å². The summed E-state index contributed by atoms with van der Waals surface area (Å²) in [6.07, 6.45) is 6.01. The summed E-state index contributed by atoms with van der Waals surface area (Å²) in [5.74, 6) is 1.25. The van der Waals surface area contributed by atoms with E-state index in [1.165, 1.54) is 18.4 Å². The van der Waals surface area contributed by atoms with Gasteiger partial charge in [0.1, 0.15) is 24.8 Å². The van der Waals surface area contributed by atoms with E-state index < -0.39 is 8.07 Å². The van der Waals surface area contributed by atoms with Gasteiger partial charge in [-0.05, 0) is 67.3 Å². The molecule has 210 valence electrons. The number of ether oxygens (including phenoxy) is 2. The summed E-state index contributed by atoms with van der Waals surface area (Å²) >= 11 is 6.45. The molecule has 0 spiro atoms. The Labute approximate surface area is 237 Å². The molecule has 0 unspecified atom stereocenters. The van der Waals surface area contributed by atoms with E-state index in [-0.39, 0.29) is 30.1 Å². The van der Waals surface area contributed by atoms with Crippen LogP contribution in [0.4, 0.5) is 10.6 Å². The number of hydrogen-bond donors (Lipinski definition) is 1. The summed E-state index contributed by atoms with van der Waals surface area (Å²) in [6.45, 7) is 11.1. The lowest BCUT2D eigenvalue weighted by Crippen LogP contribution is -2.49. The van der Waals surface area contributed by atoms with Crippen molar-refractivity contribution in [1.82, 2.24) is 19.4 Å². The molecule has 8 nitrogen and oxygen atoms in total. The summed E-state index contributed by atoms with van der Waals surface area (Å²) in [4.78, 5) is 24.1. The molecular formula is C29H40ClN5O3Si. The topological polar surface area (TPSA) is 81.5 Å². The second-order valence-electron chi connectivity index (χ2n) is 12.2. The highest BCUT2D eigenvalue weighted by molar-refractivity contribution is 6.76. The summed E-state index contributed by atoms with van der Waals surface area (Å²) in [5, 5.41) is 4.86. The van der Waals surface area contributed by atoms with Crippen molar-refractivity contribution in [1.29, 1.82) is 0 Å². The highest BCUT2D eigenvalue weighted by Crippen LogP contribution is 2.45. The Hall–Kier alpha value is -2.62. The van der Waals surface area contributed by atoms with Gasteiger partial charge in [0.25, 0.3) is 0 Å². The second kappa shape index (κ2) is 11.9. The third-order valence-electron chi connectivity index (χ3n) is 7.62. The number of amides is 1. The first-order chi connectivity index (χ1) is 18.7. The lowest BCUT2D eigenvalue weighted by atomic mass is 9.99. The maximum atomic E-state index is 13.0. The van der Waals surface area contributed by atoms with Crippen LogP contribution >= 0.6 is 11.6 Å². The molecule has 3 aromatic rings. The minimum Gasteiger partial charge on any atom is -0.445 e. The van der Waals surface area contributed by atoms with Crippen LogP contribution < -0.4 is 5.32 Å². The molecule has 1 aliphatic carbocycles. The number of nitrogens with one attached hydrogen (secondary N) is 1. The van der Waals surface area contributed by atoms with Gasteiger partial charge in [-0.3, -0.25) is 0 Å². The molecule has 0 bridgehead atoms. The Bertz CT molecular complexity index is 1290. The van der Waals surface area contributed by atoms with Crippen LogP contribution in [-0.4, -0.2) is 58.8 Å². The maximum absolute atomic E-state index is 13.0. The summed E-state index contributed by atoms with van der Waals surface area (Å²) in [6, 6.07) is 11.0. The fourth-order valence-corrected chi connectivity index (χ4v) is 6.03. The van der Waals surface area contributed by atoms with Crippen molar-refractivity contribution in [3.05, 3.63) is 52.9 Å². The van der Waals surface area contributed by atoms with Crippen LogP contribution in [0, 0.1) is 0 Å². The van der Waals surface area contributed by atoms with Crippen LogP contribution in [0.3, 0.4) is 0 Å². The van der Waals surface area contributed by atoms with Gasteiger partial charge in [-0.15, -0.1) is 0 Å².